The van der Waals surface area contributed by atoms with Gasteiger partial charge in [0.2, 0.25) is 0 Å². The highest BCUT2D eigenvalue weighted by atomic mass is 16.7. The van der Waals surface area contributed by atoms with E-state index in [9.17, 15) is 0 Å². The SMILES string of the molecule is CC1(C)OB(c2ccc(N(c3ccc(-c4ccccc4)cc3)c3ccc4c(c3)C3(c5ccccc5-c5ccccc53)c3ccccc3-4)cc2)OC1(C)C. The van der Waals surface area contributed by atoms with E-state index in [2.05, 4.69) is 202 Å². The Hall–Kier alpha value is -5.68. The van der Waals surface area contributed by atoms with Crippen molar-refractivity contribution in [3.63, 3.8) is 0 Å². The molecule has 0 bridgehead atoms. The summed E-state index contributed by atoms with van der Waals surface area (Å²) in [5.74, 6) is 0. The van der Waals surface area contributed by atoms with Gasteiger partial charge in [0.1, 0.15) is 0 Å². The molecule has 256 valence electrons. The summed E-state index contributed by atoms with van der Waals surface area (Å²) < 4.78 is 12.9. The summed E-state index contributed by atoms with van der Waals surface area (Å²) in [5, 5.41) is 0. The van der Waals surface area contributed by atoms with E-state index in [-0.39, 0.29) is 0 Å². The fourth-order valence-corrected chi connectivity index (χ4v) is 8.86. The molecule has 4 heteroatoms. The minimum absolute atomic E-state index is 0.404. The molecule has 0 amide bonds. The number of anilines is 3. The maximum Gasteiger partial charge on any atom is 0.494 e. The van der Waals surface area contributed by atoms with Crippen LogP contribution in [-0.2, 0) is 14.7 Å². The van der Waals surface area contributed by atoms with Crippen LogP contribution >= 0.6 is 0 Å². The molecule has 1 fully saturated rings. The number of hydrogen-bond acceptors (Lipinski definition) is 3. The van der Waals surface area contributed by atoms with Crippen LogP contribution in [0.2, 0.25) is 0 Å². The van der Waals surface area contributed by atoms with Gasteiger partial charge in [-0.3, -0.25) is 0 Å². The standard InChI is InChI=1S/C49H40BNO2/c1-47(2)48(3,4)53-50(52-47)35-24-28-37(29-25-35)51(36-26-22-34(23-27-36)33-14-6-5-7-15-33)38-30-31-42-41-18-10-13-21-45(41)49(46(42)32-38)43-19-11-8-16-39(43)40-17-9-12-20-44(40)49/h5-32H,1-4H3. The summed E-state index contributed by atoms with van der Waals surface area (Å²) in [6, 6.07) is 62.2. The van der Waals surface area contributed by atoms with Gasteiger partial charge in [-0.15, -0.1) is 0 Å². The second kappa shape index (κ2) is 11.7. The Bertz CT molecular complexity index is 2440. The van der Waals surface area contributed by atoms with Gasteiger partial charge < -0.3 is 14.2 Å². The van der Waals surface area contributed by atoms with Crippen molar-refractivity contribution in [2.45, 2.75) is 44.3 Å². The summed E-state index contributed by atoms with van der Waals surface area (Å²) >= 11 is 0. The highest BCUT2D eigenvalue weighted by Crippen LogP contribution is 2.63. The summed E-state index contributed by atoms with van der Waals surface area (Å²) in [5.41, 5.74) is 16.0. The van der Waals surface area contributed by atoms with Crippen LogP contribution in [0.15, 0.2) is 170 Å². The first-order chi connectivity index (χ1) is 25.8. The summed E-state index contributed by atoms with van der Waals surface area (Å²) in [7, 11) is -0.423. The summed E-state index contributed by atoms with van der Waals surface area (Å²) in [6.07, 6.45) is 0. The largest absolute Gasteiger partial charge is 0.494 e. The number of nitrogens with zero attached hydrogens (tertiary/aromatic N) is 1. The van der Waals surface area contributed by atoms with Crippen LogP contribution in [0.3, 0.4) is 0 Å². The zero-order valence-corrected chi connectivity index (χ0v) is 30.5. The molecule has 0 saturated carbocycles. The maximum atomic E-state index is 6.43. The van der Waals surface area contributed by atoms with Gasteiger partial charge in [-0.2, -0.15) is 0 Å². The molecular formula is C49H40BNO2. The second-order valence-electron chi connectivity index (χ2n) is 15.5. The zero-order chi connectivity index (χ0) is 36.0. The number of fused-ring (bicyclic) bond motifs is 10. The van der Waals surface area contributed by atoms with E-state index < -0.39 is 23.7 Å². The Morgan fingerprint density at radius 2 is 0.811 bits per heavy atom. The predicted molar refractivity (Wildman–Crippen MR) is 219 cm³/mol. The summed E-state index contributed by atoms with van der Waals surface area (Å²) in [4.78, 5) is 2.38. The summed E-state index contributed by atoms with van der Waals surface area (Å²) in [6.45, 7) is 8.40. The van der Waals surface area contributed by atoms with Gasteiger partial charge in [0.25, 0.3) is 0 Å². The lowest BCUT2D eigenvalue weighted by atomic mass is 9.70. The van der Waals surface area contributed by atoms with Crippen molar-refractivity contribution in [2.24, 2.45) is 0 Å². The molecule has 0 radical (unpaired) electrons. The van der Waals surface area contributed by atoms with E-state index in [1.54, 1.807) is 0 Å². The molecule has 0 unspecified atom stereocenters. The molecule has 7 aromatic rings. The van der Waals surface area contributed by atoms with Crippen LogP contribution in [0.1, 0.15) is 49.9 Å². The molecule has 1 spiro atoms. The molecule has 2 aliphatic carbocycles. The lowest BCUT2D eigenvalue weighted by Crippen LogP contribution is -2.41. The average Bonchev–Trinajstić information content (AvgIpc) is 3.74. The van der Waals surface area contributed by atoms with Gasteiger partial charge in [0.05, 0.1) is 16.6 Å². The third-order valence-corrected chi connectivity index (χ3v) is 12.1. The zero-order valence-electron chi connectivity index (χ0n) is 30.5. The number of rotatable bonds is 5. The van der Waals surface area contributed by atoms with Crippen molar-refractivity contribution in [3.05, 3.63) is 192 Å². The smallest absolute Gasteiger partial charge is 0.399 e. The van der Waals surface area contributed by atoms with E-state index in [4.69, 9.17) is 9.31 Å². The molecule has 1 heterocycles. The highest BCUT2D eigenvalue weighted by Gasteiger charge is 2.53. The Balaban J connectivity index is 1.15. The van der Waals surface area contributed by atoms with Gasteiger partial charge >= 0.3 is 7.12 Å². The van der Waals surface area contributed by atoms with Gasteiger partial charge in [0, 0.05) is 17.1 Å². The van der Waals surface area contributed by atoms with Crippen molar-refractivity contribution >= 4 is 29.6 Å². The minimum atomic E-state index is -0.423. The van der Waals surface area contributed by atoms with E-state index in [1.807, 2.05) is 0 Å². The molecule has 0 N–H and O–H groups in total. The van der Waals surface area contributed by atoms with Crippen molar-refractivity contribution < 1.29 is 9.31 Å². The molecular weight excluding hydrogens is 645 g/mol. The lowest BCUT2D eigenvalue weighted by molar-refractivity contribution is 0.00578. The molecule has 0 atom stereocenters. The van der Waals surface area contributed by atoms with Crippen LogP contribution < -0.4 is 10.4 Å². The Kier molecular flexibility index (Phi) is 7.05. The van der Waals surface area contributed by atoms with Gasteiger partial charge in [0.15, 0.2) is 0 Å². The molecule has 1 saturated heterocycles. The maximum absolute atomic E-state index is 6.43. The van der Waals surface area contributed by atoms with E-state index in [0.29, 0.717) is 0 Å². The van der Waals surface area contributed by atoms with E-state index >= 15 is 0 Å². The Morgan fingerprint density at radius 1 is 0.396 bits per heavy atom. The second-order valence-corrected chi connectivity index (χ2v) is 15.5. The molecule has 10 rings (SSSR count). The van der Waals surface area contributed by atoms with E-state index in [0.717, 1.165) is 22.5 Å². The molecule has 7 aromatic carbocycles. The monoisotopic (exact) mass is 685 g/mol. The van der Waals surface area contributed by atoms with Crippen LogP contribution in [0.25, 0.3) is 33.4 Å². The van der Waals surface area contributed by atoms with Gasteiger partial charge in [-0.1, -0.05) is 133 Å². The normalized spacial score (nSPS) is 16.6. The fourth-order valence-electron chi connectivity index (χ4n) is 8.86. The molecule has 1 aliphatic heterocycles. The first-order valence-electron chi connectivity index (χ1n) is 18.6. The molecule has 3 aliphatic rings. The highest BCUT2D eigenvalue weighted by molar-refractivity contribution is 6.62. The molecule has 3 nitrogen and oxygen atoms in total. The van der Waals surface area contributed by atoms with Crippen LogP contribution in [0.5, 0.6) is 0 Å². The topological polar surface area (TPSA) is 21.7 Å². The first kappa shape index (κ1) is 32.0. The predicted octanol–water partition coefficient (Wildman–Crippen LogP) is 11.5. The van der Waals surface area contributed by atoms with Crippen LogP contribution in [0, 0.1) is 0 Å². The van der Waals surface area contributed by atoms with Gasteiger partial charge in [-0.25, -0.2) is 0 Å². The Labute approximate surface area is 312 Å². The fraction of sp³-hybridized carbons (Fsp3) is 0.143. The van der Waals surface area contributed by atoms with Crippen LogP contribution in [-0.4, -0.2) is 18.3 Å². The number of hydrogen-bond donors (Lipinski definition) is 0. The third-order valence-electron chi connectivity index (χ3n) is 12.1. The average molecular weight is 686 g/mol. The molecule has 53 heavy (non-hydrogen) atoms. The van der Waals surface area contributed by atoms with E-state index in [1.165, 1.54) is 55.6 Å². The van der Waals surface area contributed by atoms with Crippen LogP contribution in [0.4, 0.5) is 17.1 Å². The van der Waals surface area contributed by atoms with Crippen molar-refractivity contribution in [3.8, 4) is 33.4 Å². The Morgan fingerprint density at radius 3 is 1.34 bits per heavy atom. The number of benzene rings is 7. The van der Waals surface area contributed by atoms with Crippen molar-refractivity contribution in [1.29, 1.82) is 0 Å². The quantitative estimate of drug-likeness (QED) is 0.168. The van der Waals surface area contributed by atoms with Crippen molar-refractivity contribution in [1.82, 2.24) is 0 Å². The lowest BCUT2D eigenvalue weighted by Gasteiger charge is -2.32. The van der Waals surface area contributed by atoms with Gasteiger partial charge in [-0.05, 0) is 125 Å². The van der Waals surface area contributed by atoms with Crippen molar-refractivity contribution in [2.75, 3.05) is 4.90 Å². The minimum Gasteiger partial charge on any atom is -0.399 e. The molecule has 0 aromatic heterocycles. The third kappa shape index (κ3) is 4.69. The first-order valence-corrected chi connectivity index (χ1v) is 18.6.